The van der Waals surface area contributed by atoms with Gasteiger partial charge in [0, 0.05) is 5.69 Å². The van der Waals surface area contributed by atoms with E-state index >= 15 is 0 Å². The molecule has 3 aromatic rings. The van der Waals surface area contributed by atoms with Crippen molar-refractivity contribution in [1.82, 2.24) is 0 Å². The summed E-state index contributed by atoms with van der Waals surface area (Å²) < 4.78 is 10.8. The molecule has 0 fully saturated rings. The fourth-order valence-electron chi connectivity index (χ4n) is 2.65. The van der Waals surface area contributed by atoms with E-state index in [0.29, 0.717) is 35.8 Å². The van der Waals surface area contributed by atoms with Crippen LogP contribution in [0.2, 0.25) is 0 Å². The van der Waals surface area contributed by atoms with Gasteiger partial charge < -0.3 is 14.8 Å². The van der Waals surface area contributed by atoms with Crippen LogP contribution in [0, 0.1) is 0 Å². The first-order valence-electron chi connectivity index (χ1n) is 9.01. The Morgan fingerprint density at radius 2 is 1.64 bits per heavy atom. The van der Waals surface area contributed by atoms with Crippen LogP contribution in [-0.4, -0.2) is 18.5 Å². The van der Waals surface area contributed by atoms with E-state index in [-0.39, 0.29) is 5.91 Å². The average molecular weight is 375 g/mol. The standard InChI is InChI=1S/C23H21NO4/c1-2-27-23(26)18-11-8-12-19(15-18)24-22(25)20-13-6-7-14-21(20)28-16-17-9-4-3-5-10-17/h3-15H,2,16H2,1H3,(H,24,25). The first kappa shape index (κ1) is 19.2. The van der Waals surface area contributed by atoms with Crippen LogP contribution < -0.4 is 10.1 Å². The molecule has 0 aliphatic carbocycles. The van der Waals surface area contributed by atoms with E-state index in [0.717, 1.165) is 5.56 Å². The number of carbonyl (C=O) groups is 2. The van der Waals surface area contributed by atoms with Crippen LogP contribution in [0.3, 0.4) is 0 Å². The van der Waals surface area contributed by atoms with Gasteiger partial charge in [0.2, 0.25) is 0 Å². The van der Waals surface area contributed by atoms with Crippen molar-refractivity contribution in [2.24, 2.45) is 0 Å². The number of hydrogen-bond acceptors (Lipinski definition) is 4. The van der Waals surface area contributed by atoms with Gasteiger partial charge in [-0.1, -0.05) is 48.5 Å². The third kappa shape index (κ3) is 4.98. The van der Waals surface area contributed by atoms with Crippen molar-refractivity contribution in [2.45, 2.75) is 13.5 Å². The van der Waals surface area contributed by atoms with Crippen molar-refractivity contribution >= 4 is 17.6 Å². The van der Waals surface area contributed by atoms with E-state index in [4.69, 9.17) is 9.47 Å². The maximum atomic E-state index is 12.7. The Morgan fingerprint density at radius 1 is 0.893 bits per heavy atom. The molecular formula is C23H21NO4. The summed E-state index contributed by atoms with van der Waals surface area (Å²) in [5.41, 5.74) is 2.32. The lowest BCUT2D eigenvalue weighted by atomic mass is 10.1. The highest BCUT2D eigenvalue weighted by Gasteiger charge is 2.14. The smallest absolute Gasteiger partial charge is 0.338 e. The van der Waals surface area contributed by atoms with E-state index in [1.54, 1.807) is 49.4 Å². The summed E-state index contributed by atoms with van der Waals surface area (Å²) in [6, 6.07) is 23.4. The van der Waals surface area contributed by atoms with E-state index < -0.39 is 5.97 Å². The highest BCUT2D eigenvalue weighted by molar-refractivity contribution is 6.06. The number of hydrogen-bond donors (Lipinski definition) is 1. The minimum absolute atomic E-state index is 0.293. The number of esters is 1. The van der Waals surface area contributed by atoms with E-state index in [1.807, 2.05) is 36.4 Å². The lowest BCUT2D eigenvalue weighted by Gasteiger charge is -2.12. The lowest BCUT2D eigenvalue weighted by Crippen LogP contribution is -2.14. The molecule has 0 bridgehead atoms. The van der Waals surface area contributed by atoms with Crippen LogP contribution in [0.4, 0.5) is 5.69 Å². The van der Waals surface area contributed by atoms with Crippen molar-refractivity contribution in [1.29, 1.82) is 0 Å². The first-order valence-corrected chi connectivity index (χ1v) is 9.01. The molecule has 1 amide bonds. The fraction of sp³-hybridized carbons (Fsp3) is 0.130. The van der Waals surface area contributed by atoms with Gasteiger partial charge in [-0.2, -0.15) is 0 Å². The maximum Gasteiger partial charge on any atom is 0.338 e. The maximum absolute atomic E-state index is 12.7. The summed E-state index contributed by atoms with van der Waals surface area (Å²) >= 11 is 0. The second kappa shape index (κ2) is 9.37. The molecule has 0 aliphatic heterocycles. The Balaban J connectivity index is 1.73. The van der Waals surface area contributed by atoms with Crippen molar-refractivity contribution in [2.75, 3.05) is 11.9 Å². The Morgan fingerprint density at radius 3 is 2.43 bits per heavy atom. The van der Waals surface area contributed by atoms with Crippen molar-refractivity contribution in [3.8, 4) is 5.75 Å². The summed E-state index contributed by atoms with van der Waals surface area (Å²) in [6.07, 6.45) is 0. The number of nitrogens with one attached hydrogen (secondary N) is 1. The Labute approximate surface area is 163 Å². The quantitative estimate of drug-likeness (QED) is 0.608. The summed E-state index contributed by atoms with van der Waals surface area (Å²) in [4.78, 5) is 24.6. The fourth-order valence-corrected chi connectivity index (χ4v) is 2.65. The molecule has 0 aromatic heterocycles. The largest absolute Gasteiger partial charge is 0.488 e. The SMILES string of the molecule is CCOC(=O)c1cccc(NC(=O)c2ccccc2OCc2ccccc2)c1. The van der Waals surface area contributed by atoms with E-state index in [9.17, 15) is 9.59 Å². The number of para-hydroxylation sites is 1. The van der Waals surface area contributed by atoms with Crippen LogP contribution in [0.25, 0.3) is 0 Å². The Kier molecular flexibility index (Phi) is 6.41. The van der Waals surface area contributed by atoms with Crippen LogP contribution in [0.5, 0.6) is 5.75 Å². The zero-order chi connectivity index (χ0) is 19.8. The summed E-state index contributed by atoms with van der Waals surface area (Å²) in [7, 11) is 0. The minimum atomic E-state index is -0.426. The molecule has 1 N–H and O–H groups in total. The van der Waals surface area contributed by atoms with Gasteiger partial charge in [-0.05, 0) is 42.8 Å². The Bertz CT molecular complexity index is 954. The van der Waals surface area contributed by atoms with Gasteiger partial charge in [-0.25, -0.2) is 4.79 Å². The molecule has 0 atom stereocenters. The zero-order valence-corrected chi connectivity index (χ0v) is 15.6. The zero-order valence-electron chi connectivity index (χ0n) is 15.6. The number of ether oxygens (including phenoxy) is 2. The van der Waals surface area contributed by atoms with Gasteiger partial charge in [-0.15, -0.1) is 0 Å². The van der Waals surface area contributed by atoms with E-state index in [1.165, 1.54) is 0 Å². The van der Waals surface area contributed by atoms with Crippen molar-refractivity contribution in [3.63, 3.8) is 0 Å². The molecule has 0 saturated carbocycles. The van der Waals surface area contributed by atoms with Crippen molar-refractivity contribution < 1.29 is 19.1 Å². The lowest BCUT2D eigenvalue weighted by molar-refractivity contribution is 0.0526. The molecule has 0 saturated heterocycles. The second-order valence-corrected chi connectivity index (χ2v) is 6.03. The summed E-state index contributed by atoms with van der Waals surface area (Å²) in [5.74, 6) is -0.250. The van der Waals surface area contributed by atoms with Gasteiger partial charge in [0.05, 0.1) is 17.7 Å². The first-order chi connectivity index (χ1) is 13.7. The number of rotatable bonds is 7. The van der Waals surface area contributed by atoms with Gasteiger partial charge in [0.1, 0.15) is 12.4 Å². The van der Waals surface area contributed by atoms with Gasteiger partial charge >= 0.3 is 5.97 Å². The number of carbonyl (C=O) groups excluding carboxylic acids is 2. The third-order valence-corrected chi connectivity index (χ3v) is 4.00. The molecule has 3 aromatic carbocycles. The monoisotopic (exact) mass is 375 g/mol. The van der Waals surface area contributed by atoms with E-state index in [2.05, 4.69) is 5.32 Å². The second-order valence-electron chi connectivity index (χ2n) is 6.03. The number of amides is 1. The molecule has 0 aliphatic rings. The van der Waals surface area contributed by atoms with Crippen LogP contribution in [0.15, 0.2) is 78.9 Å². The molecule has 0 heterocycles. The topological polar surface area (TPSA) is 64.6 Å². The van der Waals surface area contributed by atoms with Gasteiger partial charge in [-0.3, -0.25) is 4.79 Å². The normalized spacial score (nSPS) is 10.2. The third-order valence-electron chi connectivity index (χ3n) is 4.00. The Hall–Kier alpha value is -3.60. The molecule has 28 heavy (non-hydrogen) atoms. The van der Waals surface area contributed by atoms with Crippen LogP contribution in [0.1, 0.15) is 33.2 Å². The molecular weight excluding hydrogens is 354 g/mol. The molecule has 0 unspecified atom stereocenters. The molecule has 0 spiro atoms. The average Bonchev–Trinajstić information content (AvgIpc) is 2.73. The molecule has 142 valence electrons. The summed E-state index contributed by atoms with van der Waals surface area (Å²) in [6.45, 7) is 2.40. The van der Waals surface area contributed by atoms with Crippen LogP contribution in [-0.2, 0) is 11.3 Å². The predicted molar refractivity (Wildman–Crippen MR) is 108 cm³/mol. The summed E-state index contributed by atoms with van der Waals surface area (Å²) in [5, 5.41) is 2.81. The number of anilines is 1. The molecule has 5 nitrogen and oxygen atoms in total. The number of benzene rings is 3. The van der Waals surface area contributed by atoms with Gasteiger partial charge in [0.25, 0.3) is 5.91 Å². The predicted octanol–water partition coefficient (Wildman–Crippen LogP) is 4.69. The van der Waals surface area contributed by atoms with Crippen molar-refractivity contribution in [3.05, 3.63) is 95.6 Å². The highest BCUT2D eigenvalue weighted by atomic mass is 16.5. The van der Waals surface area contributed by atoms with Crippen LogP contribution >= 0.6 is 0 Å². The molecule has 0 radical (unpaired) electrons. The van der Waals surface area contributed by atoms with Gasteiger partial charge in [0.15, 0.2) is 0 Å². The highest BCUT2D eigenvalue weighted by Crippen LogP contribution is 2.21. The molecule has 5 heteroatoms. The minimum Gasteiger partial charge on any atom is -0.488 e. The molecule has 3 rings (SSSR count).